The molecule has 0 saturated heterocycles. The van der Waals surface area contributed by atoms with E-state index in [1.54, 1.807) is 12.1 Å². The minimum atomic E-state index is -0.622. The molecule has 0 atom stereocenters. The van der Waals surface area contributed by atoms with Gasteiger partial charge in [-0.1, -0.05) is 12.1 Å². The molecule has 1 rings (SSSR count). The van der Waals surface area contributed by atoms with Gasteiger partial charge < -0.3 is 19.5 Å². The first-order valence-electron chi connectivity index (χ1n) is 6.20. The maximum Gasteiger partial charge on any atom is 0.325 e. The fraction of sp³-hybridized carbons (Fsp3) is 0.357. The third kappa shape index (κ3) is 4.79. The molecule has 0 fully saturated rings. The zero-order valence-electron chi connectivity index (χ0n) is 11.9. The lowest BCUT2D eigenvalue weighted by Gasteiger charge is -2.21. The number of benzene rings is 1. The van der Waals surface area contributed by atoms with E-state index in [1.807, 2.05) is 0 Å². The maximum atomic E-state index is 12.3. The third-order valence-electron chi connectivity index (χ3n) is 2.78. The number of esters is 2. The van der Waals surface area contributed by atoms with Crippen molar-refractivity contribution in [2.75, 3.05) is 27.3 Å². The molecule has 0 bridgehead atoms. The van der Waals surface area contributed by atoms with Crippen molar-refractivity contribution in [1.82, 2.24) is 4.90 Å². The number of nitrogens with zero attached hydrogens (tertiary/aromatic N) is 1. The predicted molar refractivity (Wildman–Crippen MR) is 72.7 cm³/mol. The molecule has 0 saturated carbocycles. The lowest BCUT2D eigenvalue weighted by molar-refractivity contribution is -0.143. The maximum absolute atomic E-state index is 12.3. The van der Waals surface area contributed by atoms with Crippen LogP contribution >= 0.6 is 0 Å². The van der Waals surface area contributed by atoms with Gasteiger partial charge in [0.05, 0.1) is 26.2 Å². The van der Waals surface area contributed by atoms with Gasteiger partial charge >= 0.3 is 11.9 Å². The summed E-state index contributed by atoms with van der Waals surface area (Å²) in [4.78, 5) is 36.0. The zero-order valence-corrected chi connectivity index (χ0v) is 11.9. The van der Waals surface area contributed by atoms with Crippen LogP contribution < -0.4 is 0 Å². The normalized spacial score (nSPS) is 9.81. The zero-order chi connectivity index (χ0) is 15.8. The number of phenolic OH excluding ortho intramolecular Hbond substituents is 1. The second kappa shape index (κ2) is 7.88. The summed E-state index contributed by atoms with van der Waals surface area (Å²) in [7, 11) is 2.43. The Balaban J connectivity index is 2.89. The van der Waals surface area contributed by atoms with Gasteiger partial charge in [0.2, 0.25) is 0 Å². The second-order valence-electron chi connectivity index (χ2n) is 4.15. The van der Waals surface area contributed by atoms with Gasteiger partial charge in [-0.05, 0) is 12.1 Å². The molecule has 21 heavy (non-hydrogen) atoms. The van der Waals surface area contributed by atoms with Crippen LogP contribution in [0.2, 0.25) is 0 Å². The number of amides is 1. The van der Waals surface area contributed by atoms with E-state index in [0.717, 1.165) is 4.90 Å². The van der Waals surface area contributed by atoms with Gasteiger partial charge in [0.25, 0.3) is 5.91 Å². The number of carbonyl (C=O) groups is 3. The topological polar surface area (TPSA) is 93.1 Å². The van der Waals surface area contributed by atoms with Crippen molar-refractivity contribution >= 4 is 17.8 Å². The van der Waals surface area contributed by atoms with Crippen LogP contribution in [0.25, 0.3) is 0 Å². The van der Waals surface area contributed by atoms with Crippen LogP contribution in [0.5, 0.6) is 5.75 Å². The number of methoxy groups -OCH3 is 2. The van der Waals surface area contributed by atoms with Crippen molar-refractivity contribution in [1.29, 1.82) is 0 Å². The molecule has 7 heteroatoms. The number of hydrogen-bond donors (Lipinski definition) is 1. The van der Waals surface area contributed by atoms with Crippen LogP contribution in [0.1, 0.15) is 16.8 Å². The van der Waals surface area contributed by atoms with Crippen LogP contribution in [0, 0.1) is 0 Å². The molecule has 1 N–H and O–H groups in total. The predicted octanol–water partition coefficient (Wildman–Crippen LogP) is 0.570. The number of ether oxygens (including phenoxy) is 2. The van der Waals surface area contributed by atoms with E-state index in [0.29, 0.717) is 0 Å². The average molecular weight is 295 g/mol. The van der Waals surface area contributed by atoms with Crippen LogP contribution in [-0.2, 0) is 19.1 Å². The van der Waals surface area contributed by atoms with E-state index < -0.39 is 17.8 Å². The molecule has 0 aliphatic heterocycles. The molecular weight excluding hydrogens is 278 g/mol. The van der Waals surface area contributed by atoms with Crippen molar-refractivity contribution in [3.05, 3.63) is 29.8 Å². The van der Waals surface area contributed by atoms with Gasteiger partial charge in [0.1, 0.15) is 12.3 Å². The van der Waals surface area contributed by atoms with Gasteiger partial charge in [0, 0.05) is 6.54 Å². The molecule has 114 valence electrons. The molecule has 0 unspecified atom stereocenters. The Morgan fingerprint density at radius 2 is 1.71 bits per heavy atom. The van der Waals surface area contributed by atoms with Crippen molar-refractivity contribution < 1.29 is 29.0 Å². The Labute approximate surface area is 122 Å². The summed E-state index contributed by atoms with van der Waals surface area (Å²) in [6, 6.07) is 5.96. The third-order valence-corrected chi connectivity index (χ3v) is 2.78. The van der Waals surface area contributed by atoms with Gasteiger partial charge in [-0.15, -0.1) is 0 Å². The molecule has 1 aromatic rings. The molecule has 0 aromatic heterocycles. The molecule has 0 spiro atoms. The summed E-state index contributed by atoms with van der Waals surface area (Å²) in [6.45, 7) is -0.338. The van der Waals surface area contributed by atoms with Gasteiger partial charge in [-0.25, -0.2) is 0 Å². The van der Waals surface area contributed by atoms with Gasteiger partial charge in [-0.2, -0.15) is 0 Å². The SMILES string of the molecule is COC(=O)CCN(CC(=O)OC)C(=O)c1ccccc1O. The molecule has 7 nitrogen and oxygen atoms in total. The van der Waals surface area contributed by atoms with E-state index in [2.05, 4.69) is 9.47 Å². The Hall–Kier alpha value is -2.57. The second-order valence-corrected chi connectivity index (χ2v) is 4.15. The minimum absolute atomic E-state index is 0.0189. The monoisotopic (exact) mass is 295 g/mol. The van der Waals surface area contributed by atoms with Crippen molar-refractivity contribution in [3.63, 3.8) is 0 Å². The first kappa shape index (κ1) is 16.5. The van der Waals surface area contributed by atoms with Gasteiger partial charge in [-0.3, -0.25) is 14.4 Å². The summed E-state index contributed by atoms with van der Waals surface area (Å²) in [5.41, 5.74) is 0.0475. The number of aromatic hydroxyl groups is 1. The Morgan fingerprint density at radius 1 is 1.10 bits per heavy atom. The fourth-order valence-electron chi connectivity index (χ4n) is 1.63. The number of hydrogen-bond acceptors (Lipinski definition) is 6. The van der Waals surface area contributed by atoms with Crippen molar-refractivity contribution in [2.45, 2.75) is 6.42 Å². The lowest BCUT2D eigenvalue weighted by Crippen LogP contribution is -2.37. The minimum Gasteiger partial charge on any atom is -0.507 e. The quantitative estimate of drug-likeness (QED) is 0.771. The summed E-state index contributed by atoms with van der Waals surface area (Å²) in [6.07, 6.45) is -0.0627. The summed E-state index contributed by atoms with van der Waals surface area (Å²) in [5.74, 6) is -1.89. The Kier molecular flexibility index (Phi) is 6.19. The van der Waals surface area contributed by atoms with Crippen LogP contribution in [-0.4, -0.2) is 55.2 Å². The number of rotatable bonds is 6. The largest absolute Gasteiger partial charge is 0.507 e. The molecule has 0 aliphatic rings. The van der Waals surface area contributed by atoms with Crippen LogP contribution in [0.15, 0.2) is 24.3 Å². The summed E-state index contributed by atoms with van der Waals surface area (Å²) in [5, 5.41) is 9.69. The highest BCUT2D eigenvalue weighted by molar-refractivity contribution is 5.98. The van der Waals surface area contributed by atoms with Gasteiger partial charge in [0.15, 0.2) is 0 Å². The van der Waals surface area contributed by atoms with E-state index in [9.17, 15) is 19.5 Å². The highest BCUT2D eigenvalue weighted by Gasteiger charge is 2.22. The van der Waals surface area contributed by atoms with Crippen molar-refractivity contribution in [2.24, 2.45) is 0 Å². The number of carbonyl (C=O) groups excluding carboxylic acids is 3. The molecule has 0 radical (unpaired) electrons. The van der Waals surface area contributed by atoms with Crippen LogP contribution in [0.4, 0.5) is 0 Å². The molecule has 1 aromatic carbocycles. The summed E-state index contributed by atoms with van der Waals surface area (Å²) < 4.78 is 9.02. The van der Waals surface area contributed by atoms with E-state index in [4.69, 9.17) is 0 Å². The highest BCUT2D eigenvalue weighted by Crippen LogP contribution is 2.18. The number of para-hydroxylation sites is 1. The van der Waals surface area contributed by atoms with E-state index in [1.165, 1.54) is 26.4 Å². The fourth-order valence-corrected chi connectivity index (χ4v) is 1.63. The Bertz CT molecular complexity index is 528. The number of phenols is 1. The molecule has 1 amide bonds. The lowest BCUT2D eigenvalue weighted by atomic mass is 10.1. The molecule has 0 heterocycles. The Morgan fingerprint density at radius 3 is 2.29 bits per heavy atom. The smallest absolute Gasteiger partial charge is 0.325 e. The van der Waals surface area contributed by atoms with E-state index >= 15 is 0 Å². The average Bonchev–Trinajstić information content (AvgIpc) is 2.50. The summed E-state index contributed by atoms with van der Waals surface area (Å²) >= 11 is 0. The standard InChI is InChI=1S/C14H17NO6/c1-20-12(17)7-8-15(9-13(18)21-2)14(19)10-5-3-4-6-11(10)16/h3-6,16H,7-9H2,1-2H3. The molecule has 0 aliphatic carbocycles. The molecular formula is C14H17NO6. The first-order valence-corrected chi connectivity index (χ1v) is 6.20. The van der Waals surface area contributed by atoms with E-state index in [-0.39, 0.29) is 30.8 Å². The van der Waals surface area contributed by atoms with Crippen molar-refractivity contribution in [3.8, 4) is 5.75 Å². The first-order chi connectivity index (χ1) is 9.99. The highest BCUT2D eigenvalue weighted by atomic mass is 16.5. The van der Waals surface area contributed by atoms with Crippen LogP contribution in [0.3, 0.4) is 0 Å².